The molecule has 2 aromatic carbocycles. The first kappa shape index (κ1) is 18.9. The molecule has 5 nitrogen and oxygen atoms in total. The predicted octanol–water partition coefficient (Wildman–Crippen LogP) is 2.98. The van der Waals surface area contributed by atoms with Gasteiger partial charge in [0, 0.05) is 43.3 Å². The molecule has 0 aromatic heterocycles. The highest BCUT2D eigenvalue weighted by atomic mass is 35.5. The van der Waals surface area contributed by atoms with Crippen molar-refractivity contribution in [3.8, 4) is 5.75 Å². The summed E-state index contributed by atoms with van der Waals surface area (Å²) < 4.78 is 53.9. The van der Waals surface area contributed by atoms with Crippen LogP contribution in [0.15, 0.2) is 36.4 Å². The van der Waals surface area contributed by atoms with Crippen LogP contribution in [0.3, 0.4) is 0 Å². The number of benzene rings is 2. The molecule has 3 rings (SSSR count). The fraction of sp³-hybridized carbons (Fsp3) is 0.294. The molecule has 0 aliphatic carbocycles. The highest BCUT2D eigenvalue weighted by molar-refractivity contribution is 7.88. The van der Waals surface area contributed by atoms with E-state index in [4.69, 9.17) is 11.6 Å². The minimum atomic E-state index is -3.52. The Kier molecular flexibility index (Phi) is 5.36. The van der Waals surface area contributed by atoms with E-state index in [0.717, 1.165) is 6.07 Å². The second-order valence-electron chi connectivity index (χ2n) is 6.02. The number of aromatic hydroxyl groups is 1. The molecule has 0 atom stereocenters. The molecule has 0 radical (unpaired) electrons. The third-order valence-electron chi connectivity index (χ3n) is 4.25. The van der Waals surface area contributed by atoms with Gasteiger partial charge in [0.05, 0.1) is 11.4 Å². The Hall–Kier alpha value is -1.90. The van der Waals surface area contributed by atoms with E-state index in [2.05, 4.69) is 0 Å². The van der Waals surface area contributed by atoms with Crippen molar-refractivity contribution in [2.45, 2.75) is 5.75 Å². The summed E-state index contributed by atoms with van der Waals surface area (Å²) in [5.74, 6) is -2.57. The molecule has 1 fully saturated rings. The molecule has 1 heterocycles. The van der Waals surface area contributed by atoms with Crippen LogP contribution in [0.4, 0.5) is 14.5 Å². The number of phenolic OH excluding ortho intramolecular Hbond substituents is 1. The van der Waals surface area contributed by atoms with Gasteiger partial charge in [-0.15, -0.1) is 0 Å². The summed E-state index contributed by atoms with van der Waals surface area (Å²) in [5.41, 5.74) is 0.638. The van der Waals surface area contributed by atoms with Crippen LogP contribution < -0.4 is 4.90 Å². The van der Waals surface area contributed by atoms with E-state index < -0.39 is 27.4 Å². The molecule has 1 aliphatic heterocycles. The molecule has 2 aromatic rings. The average Bonchev–Trinajstić information content (AvgIpc) is 2.60. The summed E-state index contributed by atoms with van der Waals surface area (Å²) >= 11 is 5.80. The fourth-order valence-corrected chi connectivity index (χ4v) is 4.50. The van der Waals surface area contributed by atoms with Crippen LogP contribution in [-0.4, -0.2) is 44.0 Å². The van der Waals surface area contributed by atoms with Crippen LogP contribution in [0.2, 0.25) is 5.02 Å². The van der Waals surface area contributed by atoms with Crippen molar-refractivity contribution in [3.05, 3.63) is 58.6 Å². The van der Waals surface area contributed by atoms with Crippen molar-refractivity contribution in [2.75, 3.05) is 31.1 Å². The highest BCUT2D eigenvalue weighted by Crippen LogP contribution is 2.28. The first-order valence-electron chi connectivity index (χ1n) is 7.91. The summed E-state index contributed by atoms with van der Waals surface area (Å²) in [4.78, 5) is 1.56. The van der Waals surface area contributed by atoms with Crippen molar-refractivity contribution in [1.82, 2.24) is 4.31 Å². The quantitative estimate of drug-likeness (QED) is 0.854. The van der Waals surface area contributed by atoms with Gasteiger partial charge >= 0.3 is 0 Å². The van der Waals surface area contributed by atoms with Crippen LogP contribution in [0.1, 0.15) is 5.56 Å². The van der Waals surface area contributed by atoms with Gasteiger partial charge in [-0.2, -0.15) is 4.31 Å². The van der Waals surface area contributed by atoms with Crippen molar-refractivity contribution >= 4 is 27.3 Å². The molecule has 0 saturated carbocycles. The molecule has 140 valence electrons. The normalized spacial score (nSPS) is 16.0. The lowest BCUT2D eigenvalue weighted by atomic mass is 10.2. The third kappa shape index (κ3) is 4.08. The fourth-order valence-electron chi connectivity index (χ4n) is 2.86. The van der Waals surface area contributed by atoms with E-state index in [1.54, 1.807) is 29.2 Å². The van der Waals surface area contributed by atoms with Crippen molar-refractivity contribution < 1.29 is 22.3 Å². The smallest absolute Gasteiger partial charge is 0.218 e. The predicted molar refractivity (Wildman–Crippen MR) is 95.9 cm³/mol. The zero-order valence-electron chi connectivity index (χ0n) is 13.7. The second-order valence-corrected chi connectivity index (χ2v) is 8.43. The Morgan fingerprint density at radius 2 is 1.62 bits per heavy atom. The zero-order valence-corrected chi connectivity index (χ0v) is 15.3. The second kappa shape index (κ2) is 7.38. The number of nitrogens with zero attached hydrogens (tertiary/aromatic N) is 2. The van der Waals surface area contributed by atoms with E-state index in [-0.39, 0.29) is 37.6 Å². The maximum Gasteiger partial charge on any atom is 0.218 e. The monoisotopic (exact) mass is 402 g/mol. The molecular formula is C17H17ClF2N2O3S. The number of hydrogen-bond acceptors (Lipinski definition) is 4. The Bertz CT molecular complexity index is 899. The standard InChI is InChI=1S/C17H17ClF2N2O3S/c18-13-3-1-12(2-4-13)11-26(24,25)22-7-5-21(6-8-22)16-9-15(20)17(23)10-14(16)19/h1-4,9-10,23H,5-8,11H2. The first-order valence-corrected chi connectivity index (χ1v) is 9.90. The summed E-state index contributed by atoms with van der Waals surface area (Å²) in [5, 5.41) is 9.73. The molecule has 1 saturated heterocycles. The van der Waals surface area contributed by atoms with Crippen LogP contribution in [0, 0.1) is 11.6 Å². The number of phenols is 1. The van der Waals surface area contributed by atoms with Gasteiger partial charge in [0.15, 0.2) is 11.6 Å². The largest absolute Gasteiger partial charge is 0.505 e. The third-order valence-corrected chi connectivity index (χ3v) is 6.35. The SMILES string of the molecule is O=S(=O)(Cc1ccc(Cl)cc1)N1CCN(c2cc(F)c(O)cc2F)CC1. The molecule has 9 heteroatoms. The van der Waals surface area contributed by atoms with E-state index in [0.29, 0.717) is 16.7 Å². The van der Waals surface area contributed by atoms with Crippen molar-refractivity contribution in [1.29, 1.82) is 0 Å². The molecule has 1 N–H and O–H groups in total. The molecule has 0 bridgehead atoms. The minimum Gasteiger partial charge on any atom is -0.505 e. The van der Waals surface area contributed by atoms with Gasteiger partial charge in [0.25, 0.3) is 0 Å². The van der Waals surface area contributed by atoms with Crippen LogP contribution >= 0.6 is 11.6 Å². The molecule has 26 heavy (non-hydrogen) atoms. The van der Waals surface area contributed by atoms with E-state index in [1.165, 1.54) is 4.31 Å². The Morgan fingerprint density at radius 1 is 1.00 bits per heavy atom. The first-order chi connectivity index (χ1) is 12.3. The molecule has 0 unspecified atom stereocenters. The number of halogens is 3. The van der Waals surface area contributed by atoms with Gasteiger partial charge in [-0.1, -0.05) is 23.7 Å². The Morgan fingerprint density at radius 3 is 2.23 bits per heavy atom. The summed E-state index contributed by atoms with van der Waals surface area (Å²) in [6.07, 6.45) is 0. The number of hydrogen-bond donors (Lipinski definition) is 1. The Balaban J connectivity index is 1.68. The number of piperazine rings is 1. The van der Waals surface area contributed by atoms with Gasteiger partial charge in [-0.05, 0) is 17.7 Å². The molecule has 0 spiro atoms. The average molecular weight is 403 g/mol. The van der Waals surface area contributed by atoms with E-state index in [1.807, 2.05) is 0 Å². The van der Waals surface area contributed by atoms with Gasteiger partial charge < -0.3 is 10.0 Å². The number of anilines is 1. The van der Waals surface area contributed by atoms with Gasteiger partial charge in [-0.3, -0.25) is 0 Å². The number of rotatable bonds is 4. The van der Waals surface area contributed by atoms with E-state index in [9.17, 15) is 22.3 Å². The van der Waals surface area contributed by atoms with E-state index >= 15 is 0 Å². The Labute approximate surface area is 155 Å². The van der Waals surface area contributed by atoms with Gasteiger partial charge in [0.1, 0.15) is 5.82 Å². The van der Waals surface area contributed by atoms with Crippen LogP contribution in [0.25, 0.3) is 0 Å². The lowest BCUT2D eigenvalue weighted by Gasteiger charge is -2.35. The summed E-state index contributed by atoms with van der Waals surface area (Å²) in [7, 11) is -3.52. The van der Waals surface area contributed by atoms with Gasteiger partial charge in [-0.25, -0.2) is 17.2 Å². The van der Waals surface area contributed by atoms with Crippen molar-refractivity contribution in [2.24, 2.45) is 0 Å². The summed E-state index contributed by atoms with van der Waals surface area (Å²) in [6.45, 7) is 0.775. The summed E-state index contributed by atoms with van der Waals surface area (Å²) in [6, 6.07) is 8.21. The number of sulfonamides is 1. The minimum absolute atomic E-state index is 0.00930. The zero-order chi connectivity index (χ0) is 18.9. The topological polar surface area (TPSA) is 60.9 Å². The molecular weight excluding hydrogens is 386 g/mol. The lowest BCUT2D eigenvalue weighted by molar-refractivity contribution is 0.381. The van der Waals surface area contributed by atoms with Crippen molar-refractivity contribution in [3.63, 3.8) is 0 Å². The van der Waals surface area contributed by atoms with Crippen LogP contribution in [0.5, 0.6) is 5.75 Å². The maximum absolute atomic E-state index is 14.0. The lowest BCUT2D eigenvalue weighted by Crippen LogP contribution is -2.49. The van der Waals surface area contributed by atoms with Crippen LogP contribution in [-0.2, 0) is 15.8 Å². The molecule has 0 amide bonds. The van der Waals surface area contributed by atoms with Gasteiger partial charge in [0.2, 0.25) is 10.0 Å². The maximum atomic E-state index is 14.0. The molecule has 1 aliphatic rings. The highest BCUT2D eigenvalue weighted by Gasteiger charge is 2.28.